The summed E-state index contributed by atoms with van der Waals surface area (Å²) >= 11 is 6.10. The third-order valence-electron chi connectivity index (χ3n) is 5.82. The third-order valence-corrected chi connectivity index (χ3v) is 6.15. The van der Waals surface area contributed by atoms with Gasteiger partial charge < -0.3 is 14.6 Å². The highest BCUT2D eigenvalue weighted by molar-refractivity contribution is 6.33. The fourth-order valence-corrected chi connectivity index (χ4v) is 4.09. The van der Waals surface area contributed by atoms with Crippen molar-refractivity contribution in [3.8, 4) is 11.4 Å². The van der Waals surface area contributed by atoms with E-state index in [1.807, 2.05) is 31.2 Å². The van der Waals surface area contributed by atoms with Crippen molar-refractivity contribution in [2.75, 3.05) is 25.0 Å². The van der Waals surface area contributed by atoms with Crippen LogP contribution in [0.3, 0.4) is 0 Å². The van der Waals surface area contributed by atoms with Gasteiger partial charge in [0.1, 0.15) is 0 Å². The lowest BCUT2D eigenvalue weighted by Crippen LogP contribution is -2.37. The summed E-state index contributed by atoms with van der Waals surface area (Å²) in [6.07, 6.45) is 1.42. The number of aryl methyl sites for hydroxylation is 1. The number of hydrogen-bond acceptors (Lipinski definition) is 7. The number of nitrogens with zero attached hydrogens (tertiary/aromatic N) is 3. The molecule has 9 heteroatoms. The number of anilines is 1. The number of hydrogen-bond donors (Lipinski definition) is 1. The van der Waals surface area contributed by atoms with Crippen LogP contribution in [0, 0.1) is 12.8 Å². The van der Waals surface area contributed by atoms with Crippen LogP contribution in [0.2, 0.25) is 5.02 Å². The summed E-state index contributed by atoms with van der Waals surface area (Å²) in [5, 5.41) is 7.28. The van der Waals surface area contributed by atoms with Gasteiger partial charge in [-0.3, -0.25) is 9.69 Å². The zero-order valence-electron chi connectivity index (χ0n) is 19.2. The maximum atomic E-state index is 12.8. The molecule has 3 aromatic rings. The molecule has 4 rings (SSSR count). The molecular weight excluding hydrogens is 456 g/mol. The monoisotopic (exact) mass is 482 g/mol. The third kappa shape index (κ3) is 5.81. The van der Waals surface area contributed by atoms with E-state index in [9.17, 15) is 9.59 Å². The molecule has 1 saturated heterocycles. The van der Waals surface area contributed by atoms with Gasteiger partial charge in [-0.15, -0.1) is 0 Å². The van der Waals surface area contributed by atoms with Gasteiger partial charge in [0.05, 0.1) is 23.7 Å². The van der Waals surface area contributed by atoms with E-state index in [4.69, 9.17) is 20.9 Å². The summed E-state index contributed by atoms with van der Waals surface area (Å²) in [5.74, 6) is 0.434. The highest BCUT2D eigenvalue weighted by Gasteiger charge is 2.26. The number of halogens is 1. The van der Waals surface area contributed by atoms with E-state index in [1.165, 1.54) is 5.56 Å². The minimum atomic E-state index is -0.511. The zero-order chi connectivity index (χ0) is 24.1. The average Bonchev–Trinajstić information content (AvgIpc) is 3.29. The molecule has 1 aliphatic heterocycles. The molecule has 8 nitrogen and oxygen atoms in total. The molecular formula is C25H27ClN4O4. The molecule has 0 spiro atoms. The summed E-state index contributed by atoms with van der Waals surface area (Å²) in [6, 6.07) is 12.8. The van der Waals surface area contributed by atoms with Gasteiger partial charge in [0.2, 0.25) is 17.6 Å². The molecule has 1 N–H and O–H groups in total. The molecule has 178 valence electrons. The Labute approximate surface area is 203 Å². The molecule has 2 heterocycles. The van der Waals surface area contributed by atoms with Crippen molar-refractivity contribution in [3.63, 3.8) is 0 Å². The number of amides is 1. The number of esters is 1. The maximum absolute atomic E-state index is 12.8. The standard InChI is InChI=1S/C25H27ClN4O4/c1-3-33-25(32)20-14-19(8-9-21(20)26)27-24(31)18-10-12-30(13-11-18)15-22-28-23(29-34-22)17-6-4-16(2)5-7-17/h4-9,14,18H,3,10-13,15H2,1-2H3,(H,27,31). The normalized spacial score (nSPS) is 14.7. The quantitative estimate of drug-likeness (QED) is 0.486. The second-order valence-electron chi connectivity index (χ2n) is 8.33. The first-order valence-electron chi connectivity index (χ1n) is 11.3. The first kappa shape index (κ1) is 23.9. The van der Waals surface area contributed by atoms with Crippen LogP contribution < -0.4 is 5.32 Å². The minimum absolute atomic E-state index is 0.0729. The van der Waals surface area contributed by atoms with Gasteiger partial charge >= 0.3 is 5.97 Å². The minimum Gasteiger partial charge on any atom is -0.462 e. The van der Waals surface area contributed by atoms with E-state index in [-0.39, 0.29) is 29.0 Å². The highest BCUT2D eigenvalue weighted by atomic mass is 35.5. The van der Waals surface area contributed by atoms with Gasteiger partial charge in [-0.05, 0) is 58.0 Å². The van der Waals surface area contributed by atoms with Crippen molar-refractivity contribution in [3.05, 3.63) is 64.5 Å². The molecule has 1 fully saturated rings. The van der Waals surface area contributed by atoms with Gasteiger partial charge in [0.25, 0.3) is 0 Å². The predicted octanol–water partition coefficient (Wildman–Crippen LogP) is 4.73. The SMILES string of the molecule is CCOC(=O)c1cc(NC(=O)C2CCN(Cc3nc(-c4ccc(C)cc4)no3)CC2)ccc1Cl. The fourth-order valence-electron chi connectivity index (χ4n) is 3.90. The molecule has 1 aliphatic rings. The number of likely N-dealkylation sites (tertiary alicyclic amines) is 1. The zero-order valence-corrected chi connectivity index (χ0v) is 20.0. The van der Waals surface area contributed by atoms with Crippen molar-refractivity contribution in [1.29, 1.82) is 0 Å². The molecule has 1 amide bonds. The number of carbonyl (C=O) groups is 2. The predicted molar refractivity (Wildman–Crippen MR) is 129 cm³/mol. The first-order chi connectivity index (χ1) is 16.4. The summed E-state index contributed by atoms with van der Waals surface area (Å²) in [6.45, 7) is 6.05. The van der Waals surface area contributed by atoms with Crippen LogP contribution in [0.5, 0.6) is 0 Å². The van der Waals surface area contributed by atoms with Crippen molar-refractivity contribution in [1.82, 2.24) is 15.0 Å². The number of rotatable bonds is 7. The van der Waals surface area contributed by atoms with E-state index in [0.29, 0.717) is 36.8 Å². The van der Waals surface area contributed by atoms with Gasteiger partial charge in [-0.25, -0.2) is 4.79 Å². The topological polar surface area (TPSA) is 97.6 Å². The van der Waals surface area contributed by atoms with Gasteiger partial charge in [-0.2, -0.15) is 4.98 Å². The maximum Gasteiger partial charge on any atom is 0.339 e. The number of ether oxygens (including phenoxy) is 1. The van der Waals surface area contributed by atoms with Crippen molar-refractivity contribution in [2.24, 2.45) is 5.92 Å². The van der Waals surface area contributed by atoms with E-state index in [1.54, 1.807) is 25.1 Å². The van der Waals surface area contributed by atoms with Crippen molar-refractivity contribution < 1.29 is 18.8 Å². The average molecular weight is 483 g/mol. The van der Waals surface area contributed by atoms with E-state index < -0.39 is 5.97 Å². The molecule has 2 aromatic carbocycles. The Hall–Kier alpha value is -3.23. The summed E-state index contributed by atoms with van der Waals surface area (Å²) in [5.41, 5.74) is 2.86. The molecule has 0 unspecified atom stereocenters. The van der Waals surface area contributed by atoms with Crippen LogP contribution in [-0.4, -0.2) is 46.6 Å². The Kier molecular flexibility index (Phi) is 7.59. The Balaban J connectivity index is 1.29. The largest absolute Gasteiger partial charge is 0.462 e. The second-order valence-corrected chi connectivity index (χ2v) is 8.74. The Morgan fingerprint density at radius 3 is 2.62 bits per heavy atom. The van der Waals surface area contributed by atoms with Crippen LogP contribution in [0.15, 0.2) is 47.0 Å². The lowest BCUT2D eigenvalue weighted by molar-refractivity contribution is -0.121. The molecule has 0 saturated carbocycles. The lowest BCUT2D eigenvalue weighted by atomic mass is 9.95. The van der Waals surface area contributed by atoms with Gasteiger partial charge in [0.15, 0.2) is 0 Å². The number of nitrogens with one attached hydrogen (secondary N) is 1. The van der Waals surface area contributed by atoms with Gasteiger partial charge in [0, 0.05) is 17.2 Å². The summed E-state index contributed by atoms with van der Waals surface area (Å²) in [7, 11) is 0. The summed E-state index contributed by atoms with van der Waals surface area (Å²) in [4.78, 5) is 31.5. The Morgan fingerprint density at radius 1 is 1.18 bits per heavy atom. The number of carbonyl (C=O) groups excluding carboxylic acids is 2. The first-order valence-corrected chi connectivity index (χ1v) is 11.7. The molecule has 1 aromatic heterocycles. The summed E-state index contributed by atoms with van der Waals surface area (Å²) < 4.78 is 10.5. The molecule has 0 aliphatic carbocycles. The molecule has 0 bridgehead atoms. The van der Waals surface area contributed by atoms with Crippen LogP contribution in [-0.2, 0) is 16.1 Å². The van der Waals surface area contributed by atoms with Crippen LogP contribution in [0.4, 0.5) is 5.69 Å². The van der Waals surface area contributed by atoms with E-state index >= 15 is 0 Å². The Bertz CT molecular complexity index is 1150. The molecule has 0 atom stereocenters. The number of benzene rings is 2. The Morgan fingerprint density at radius 2 is 1.91 bits per heavy atom. The van der Waals surface area contributed by atoms with E-state index in [0.717, 1.165) is 18.7 Å². The van der Waals surface area contributed by atoms with E-state index in [2.05, 4.69) is 20.4 Å². The van der Waals surface area contributed by atoms with Gasteiger partial charge in [-0.1, -0.05) is 46.6 Å². The fraction of sp³-hybridized carbons (Fsp3) is 0.360. The lowest BCUT2D eigenvalue weighted by Gasteiger charge is -2.30. The number of aromatic nitrogens is 2. The molecule has 34 heavy (non-hydrogen) atoms. The molecule has 0 radical (unpaired) electrons. The van der Waals surface area contributed by atoms with Crippen LogP contribution in [0.25, 0.3) is 11.4 Å². The van der Waals surface area contributed by atoms with Crippen molar-refractivity contribution in [2.45, 2.75) is 33.2 Å². The van der Waals surface area contributed by atoms with Crippen LogP contribution in [0.1, 0.15) is 41.6 Å². The van der Waals surface area contributed by atoms with Crippen LogP contribution >= 0.6 is 11.6 Å². The second kappa shape index (κ2) is 10.8. The number of piperidine rings is 1. The van der Waals surface area contributed by atoms with Crippen molar-refractivity contribution >= 4 is 29.2 Å². The highest BCUT2D eigenvalue weighted by Crippen LogP contribution is 2.25. The smallest absolute Gasteiger partial charge is 0.339 e.